The Bertz CT molecular complexity index is 1070. The van der Waals surface area contributed by atoms with E-state index in [9.17, 15) is 35.1 Å². The topological polar surface area (TPSA) is 224 Å². The lowest BCUT2D eigenvalue weighted by Crippen LogP contribution is -2.27. The Balaban J connectivity index is 0.00000125. The summed E-state index contributed by atoms with van der Waals surface area (Å²) in [7, 11) is 0. The molecule has 2 aromatic rings. The summed E-state index contributed by atoms with van der Waals surface area (Å²) in [6, 6.07) is 5.60. The number of azo groups is 1. The number of carbonyl (C=O) groups is 1. The Hall–Kier alpha value is -4.37. The van der Waals surface area contributed by atoms with Gasteiger partial charge in [-0.05, 0) is 32.0 Å². The largest absolute Gasteiger partial charge is 0.394 e. The molecule has 33 heavy (non-hydrogen) atoms. The maximum Gasteiger partial charge on any atom is 0.303 e. The molecule has 0 aliphatic heterocycles. The van der Waals surface area contributed by atoms with Gasteiger partial charge in [-0.1, -0.05) is 0 Å². The smallest absolute Gasteiger partial charge is 0.303 e. The number of hydrogen-bond donors (Lipinski definition) is 3. The van der Waals surface area contributed by atoms with Crippen LogP contribution in [-0.4, -0.2) is 50.0 Å². The molecule has 15 nitrogen and oxygen atoms in total. The Morgan fingerprint density at radius 2 is 1.48 bits per heavy atom. The molecule has 0 aromatic heterocycles. The number of ketones is 1. The number of nitrogens with zero attached hydrogens (tertiary/aromatic N) is 5. The van der Waals surface area contributed by atoms with Crippen molar-refractivity contribution in [2.24, 2.45) is 10.2 Å². The first kappa shape index (κ1) is 26.7. The van der Waals surface area contributed by atoms with Crippen LogP contribution in [0.25, 0.3) is 0 Å². The average molecular weight is 464 g/mol. The lowest BCUT2D eigenvalue weighted by Gasteiger charge is -2.14. The number of nitro benzene ring substituents is 3. The molecule has 0 spiro atoms. The minimum absolute atomic E-state index is 0.0144. The number of rotatable bonds is 9. The van der Waals surface area contributed by atoms with Gasteiger partial charge < -0.3 is 20.3 Å². The van der Waals surface area contributed by atoms with Crippen molar-refractivity contribution < 1.29 is 29.8 Å². The molecular weight excluding hydrogens is 444 g/mol. The third-order valence-corrected chi connectivity index (χ3v) is 3.62. The zero-order chi connectivity index (χ0) is 25.1. The van der Waals surface area contributed by atoms with Crippen molar-refractivity contribution in [2.75, 3.05) is 18.5 Å². The van der Waals surface area contributed by atoms with E-state index >= 15 is 0 Å². The van der Waals surface area contributed by atoms with Gasteiger partial charge in [0.1, 0.15) is 11.5 Å². The maximum atomic E-state index is 11.3. The van der Waals surface area contributed by atoms with Crippen LogP contribution in [0.2, 0.25) is 0 Å². The van der Waals surface area contributed by atoms with Crippen LogP contribution in [0.1, 0.15) is 13.8 Å². The summed E-state index contributed by atoms with van der Waals surface area (Å²) in [5.41, 5.74) is -1.84. The standard InChI is InChI=1S/C15H14N6O8.C3H6O/c22-7-10(8-23)16-12-3-1-9(5-14(12)20(26)27)17-18-13-4-2-11(19(24)25)6-15(13)21(28)29;1-3(2)4/h1-6,10,16,22-23H,7-8H2;1-2H3. The predicted molar refractivity (Wildman–Crippen MR) is 115 cm³/mol. The minimum atomic E-state index is -0.860. The summed E-state index contributed by atoms with van der Waals surface area (Å²) in [5.74, 6) is 0.167. The van der Waals surface area contributed by atoms with E-state index in [0.717, 1.165) is 24.3 Å². The van der Waals surface area contributed by atoms with E-state index in [0.29, 0.717) is 0 Å². The molecule has 0 aliphatic rings. The molecule has 15 heteroatoms. The van der Waals surface area contributed by atoms with Crippen LogP contribution in [0.5, 0.6) is 0 Å². The number of Topliss-reactive ketones (excluding diaryl/α,β-unsaturated/α-hetero) is 1. The van der Waals surface area contributed by atoms with E-state index in [1.807, 2.05) is 0 Å². The van der Waals surface area contributed by atoms with Crippen LogP contribution >= 0.6 is 0 Å². The van der Waals surface area contributed by atoms with E-state index in [4.69, 9.17) is 10.2 Å². The molecule has 0 bridgehead atoms. The Labute approximate surface area is 185 Å². The molecule has 0 fully saturated rings. The first-order chi connectivity index (χ1) is 15.5. The fourth-order valence-corrected chi connectivity index (χ4v) is 2.19. The molecule has 0 atom stereocenters. The molecule has 0 aliphatic carbocycles. The van der Waals surface area contributed by atoms with E-state index in [2.05, 4.69) is 15.5 Å². The number of carbonyl (C=O) groups excluding carboxylic acids is 1. The molecule has 176 valence electrons. The fraction of sp³-hybridized carbons (Fsp3) is 0.278. The highest BCUT2D eigenvalue weighted by Gasteiger charge is 2.20. The summed E-state index contributed by atoms with van der Waals surface area (Å²) in [5, 5.41) is 61.3. The molecule has 2 aromatic carbocycles. The van der Waals surface area contributed by atoms with Gasteiger partial charge in [-0.2, -0.15) is 5.11 Å². The summed E-state index contributed by atoms with van der Waals surface area (Å²) < 4.78 is 0. The number of aliphatic hydroxyl groups excluding tert-OH is 2. The zero-order valence-corrected chi connectivity index (χ0v) is 17.4. The van der Waals surface area contributed by atoms with Crippen molar-refractivity contribution in [2.45, 2.75) is 19.9 Å². The summed E-state index contributed by atoms with van der Waals surface area (Å²) >= 11 is 0. The first-order valence-corrected chi connectivity index (χ1v) is 9.08. The van der Waals surface area contributed by atoms with Crippen LogP contribution in [0.3, 0.4) is 0 Å². The molecule has 3 N–H and O–H groups in total. The van der Waals surface area contributed by atoms with Crippen molar-refractivity contribution in [3.63, 3.8) is 0 Å². The molecule has 0 radical (unpaired) electrons. The van der Waals surface area contributed by atoms with Crippen molar-refractivity contribution in [3.05, 3.63) is 66.7 Å². The summed E-state index contributed by atoms with van der Waals surface area (Å²) in [6.07, 6.45) is 0. The molecular formula is C18H20N6O9. The van der Waals surface area contributed by atoms with Crippen LogP contribution in [0, 0.1) is 30.3 Å². The third kappa shape index (κ3) is 8.35. The highest BCUT2D eigenvalue weighted by Crippen LogP contribution is 2.34. The number of hydrogen-bond acceptors (Lipinski definition) is 12. The fourth-order valence-electron chi connectivity index (χ4n) is 2.19. The van der Waals surface area contributed by atoms with Crippen LogP contribution in [-0.2, 0) is 4.79 Å². The van der Waals surface area contributed by atoms with Crippen LogP contribution < -0.4 is 5.32 Å². The highest BCUT2D eigenvalue weighted by molar-refractivity contribution is 5.72. The Kier molecular flexibility index (Phi) is 10.1. The van der Waals surface area contributed by atoms with Gasteiger partial charge in [-0.3, -0.25) is 30.3 Å². The Morgan fingerprint density at radius 3 is 1.97 bits per heavy atom. The van der Waals surface area contributed by atoms with Gasteiger partial charge in [0.15, 0.2) is 5.69 Å². The molecule has 0 saturated carbocycles. The Morgan fingerprint density at radius 1 is 0.909 bits per heavy atom. The molecule has 0 unspecified atom stereocenters. The van der Waals surface area contributed by atoms with E-state index < -0.39 is 51.1 Å². The quantitative estimate of drug-likeness (QED) is 0.279. The van der Waals surface area contributed by atoms with Crippen LogP contribution in [0.4, 0.5) is 34.1 Å². The van der Waals surface area contributed by atoms with Gasteiger partial charge in [-0.15, -0.1) is 5.11 Å². The lowest BCUT2D eigenvalue weighted by atomic mass is 10.2. The van der Waals surface area contributed by atoms with E-state index in [1.54, 1.807) is 0 Å². The molecule has 0 saturated heterocycles. The monoisotopic (exact) mass is 464 g/mol. The van der Waals surface area contributed by atoms with Crippen molar-refractivity contribution in [1.82, 2.24) is 0 Å². The van der Waals surface area contributed by atoms with Gasteiger partial charge >= 0.3 is 5.69 Å². The van der Waals surface area contributed by atoms with Crippen molar-refractivity contribution in [1.29, 1.82) is 0 Å². The highest BCUT2D eigenvalue weighted by atomic mass is 16.6. The van der Waals surface area contributed by atoms with Crippen molar-refractivity contribution in [3.8, 4) is 0 Å². The number of anilines is 1. The van der Waals surface area contributed by atoms with Gasteiger partial charge in [0.25, 0.3) is 11.4 Å². The second-order valence-electron chi connectivity index (χ2n) is 6.46. The number of benzene rings is 2. The predicted octanol–water partition coefficient (Wildman–Crippen LogP) is 3.19. The molecule has 2 rings (SSSR count). The number of aliphatic hydroxyl groups is 2. The third-order valence-electron chi connectivity index (χ3n) is 3.62. The zero-order valence-electron chi connectivity index (χ0n) is 17.4. The van der Waals surface area contributed by atoms with Crippen LogP contribution in [0.15, 0.2) is 46.6 Å². The molecule has 0 heterocycles. The summed E-state index contributed by atoms with van der Waals surface area (Å²) in [6.45, 7) is 2.14. The number of nitrogens with one attached hydrogen (secondary N) is 1. The second kappa shape index (κ2) is 12.5. The van der Waals surface area contributed by atoms with Crippen molar-refractivity contribution >= 4 is 39.9 Å². The maximum absolute atomic E-state index is 11.3. The minimum Gasteiger partial charge on any atom is -0.394 e. The second-order valence-corrected chi connectivity index (χ2v) is 6.46. The average Bonchev–Trinajstić information content (AvgIpc) is 2.75. The summed E-state index contributed by atoms with van der Waals surface area (Å²) in [4.78, 5) is 40.2. The first-order valence-electron chi connectivity index (χ1n) is 9.08. The normalized spacial score (nSPS) is 10.5. The van der Waals surface area contributed by atoms with E-state index in [1.165, 1.54) is 26.0 Å². The van der Waals surface area contributed by atoms with Gasteiger partial charge in [0.2, 0.25) is 0 Å². The number of nitro groups is 3. The lowest BCUT2D eigenvalue weighted by molar-refractivity contribution is -0.393. The van der Waals surface area contributed by atoms with Gasteiger partial charge in [-0.25, -0.2) is 0 Å². The van der Waals surface area contributed by atoms with Gasteiger partial charge in [0, 0.05) is 12.1 Å². The van der Waals surface area contributed by atoms with Gasteiger partial charge in [0.05, 0.1) is 45.8 Å². The SMILES string of the molecule is CC(C)=O.O=[N+]([O-])c1ccc(N=Nc2ccc(NC(CO)CO)c([N+](=O)[O-])c2)c([N+](=O)[O-])c1. The number of non-ortho nitro benzene ring substituents is 1. The van der Waals surface area contributed by atoms with E-state index in [-0.39, 0.29) is 22.8 Å². The molecule has 0 amide bonds.